The van der Waals surface area contributed by atoms with Crippen molar-refractivity contribution in [1.82, 2.24) is 9.97 Å². The summed E-state index contributed by atoms with van der Waals surface area (Å²) in [6.07, 6.45) is 0. The van der Waals surface area contributed by atoms with E-state index in [2.05, 4.69) is 15.3 Å². The molecule has 6 nitrogen and oxygen atoms in total. The number of hydrogen-bond acceptors (Lipinski definition) is 5. The van der Waals surface area contributed by atoms with Crippen LogP contribution in [0.3, 0.4) is 0 Å². The standard InChI is InChI=1S/C17H17N5O/c1-22(2)12-7-5-6-11(10-12)19-17-15(16(18)23)20-13-8-3-4-9-14(13)21-17/h3-10H,1-2H3,(H2,18,23)(H,19,21). The Bertz CT molecular complexity index is 876. The molecule has 0 aliphatic rings. The minimum Gasteiger partial charge on any atom is -0.378 e. The van der Waals surface area contributed by atoms with Crippen molar-refractivity contribution in [2.24, 2.45) is 5.73 Å². The molecule has 1 aromatic heterocycles. The van der Waals surface area contributed by atoms with Crippen molar-refractivity contribution < 1.29 is 4.79 Å². The van der Waals surface area contributed by atoms with E-state index in [-0.39, 0.29) is 5.69 Å². The van der Waals surface area contributed by atoms with Crippen LogP contribution in [0.15, 0.2) is 48.5 Å². The lowest BCUT2D eigenvalue weighted by atomic mass is 10.2. The minimum atomic E-state index is -0.616. The van der Waals surface area contributed by atoms with E-state index >= 15 is 0 Å². The number of carbonyl (C=O) groups is 1. The van der Waals surface area contributed by atoms with Crippen LogP contribution in [-0.2, 0) is 0 Å². The second-order valence-corrected chi connectivity index (χ2v) is 5.34. The molecule has 0 bridgehead atoms. The molecule has 0 saturated heterocycles. The maximum atomic E-state index is 11.7. The van der Waals surface area contributed by atoms with E-state index in [0.29, 0.717) is 16.9 Å². The summed E-state index contributed by atoms with van der Waals surface area (Å²) in [5.41, 5.74) is 8.74. The molecule has 6 heteroatoms. The van der Waals surface area contributed by atoms with E-state index in [0.717, 1.165) is 11.4 Å². The molecule has 0 atom stereocenters. The lowest BCUT2D eigenvalue weighted by Gasteiger charge is -2.15. The van der Waals surface area contributed by atoms with Gasteiger partial charge in [-0.3, -0.25) is 4.79 Å². The van der Waals surface area contributed by atoms with Crippen LogP contribution in [0.5, 0.6) is 0 Å². The van der Waals surface area contributed by atoms with Crippen LogP contribution in [-0.4, -0.2) is 30.0 Å². The number of nitrogens with one attached hydrogen (secondary N) is 1. The minimum absolute atomic E-state index is 0.124. The zero-order valence-corrected chi connectivity index (χ0v) is 12.9. The Kier molecular flexibility index (Phi) is 3.80. The van der Waals surface area contributed by atoms with Crippen molar-refractivity contribution in [3.05, 3.63) is 54.2 Å². The summed E-state index contributed by atoms with van der Waals surface area (Å²) in [4.78, 5) is 22.5. The van der Waals surface area contributed by atoms with Gasteiger partial charge in [0.25, 0.3) is 5.91 Å². The highest BCUT2D eigenvalue weighted by molar-refractivity contribution is 5.98. The van der Waals surface area contributed by atoms with Crippen molar-refractivity contribution in [2.75, 3.05) is 24.3 Å². The number of aromatic nitrogens is 2. The van der Waals surface area contributed by atoms with Gasteiger partial charge < -0.3 is 16.0 Å². The molecule has 0 saturated carbocycles. The molecule has 2 aromatic carbocycles. The van der Waals surface area contributed by atoms with E-state index < -0.39 is 5.91 Å². The Morgan fingerprint density at radius 1 is 1.04 bits per heavy atom. The van der Waals surface area contributed by atoms with Gasteiger partial charge in [0.1, 0.15) is 0 Å². The number of benzene rings is 2. The zero-order valence-electron chi connectivity index (χ0n) is 12.9. The summed E-state index contributed by atoms with van der Waals surface area (Å²) in [6.45, 7) is 0. The number of para-hydroxylation sites is 2. The molecule has 1 heterocycles. The van der Waals surface area contributed by atoms with Gasteiger partial charge in [-0.05, 0) is 30.3 Å². The van der Waals surface area contributed by atoms with Gasteiger partial charge in [0, 0.05) is 25.5 Å². The van der Waals surface area contributed by atoms with Gasteiger partial charge in [-0.25, -0.2) is 9.97 Å². The highest BCUT2D eigenvalue weighted by Crippen LogP contribution is 2.23. The van der Waals surface area contributed by atoms with Gasteiger partial charge in [0.05, 0.1) is 11.0 Å². The fraction of sp³-hybridized carbons (Fsp3) is 0.118. The van der Waals surface area contributed by atoms with Crippen molar-refractivity contribution in [2.45, 2.75) is 0 Å². The predicted molar refractivity (Wildman–Crippen MR) is 92.1 cm³/mol. The second-order valence-electron chi connectivity index (χ2n) is 5.34. The second kappa shape index (κ2) is 5.92. The molecular weight excluding hydrogens is 290 g/mol. The van der Waals surface area contributed by atoms with Crippen LogP contribution in [0, 0.1) is 0 Å². The van der Waals surface area contributed by atoms with Crippen LogP contribution < -0.4 is 16.0 Å². The van der Waals surface area contributed by atoms with E-state index in [1.54, 1.807) is 6.07 Å². The molecule has 0 fully saturated rings. The molecule has 0 unspecified atom stereocenters. The molecule has 0 aliphatic carbocycles. The summed E-state index contributed by atoms with van der Waals surface area (Å²) >= 11 is 0. The first-order valence-electron chi connectivity index (χ1n) is 7.15. The molecule has 0 radical (unpaired) electrons. The smallest absolute Gasteiger partial charge is 0.271 e. The number of nitrogens with two attached hydrogens (primary N) is 1. The number of fused-ring (bicyclic) bond motifs is 1. The first-order chi connectivity index (χ1) is 11.0. The Morgan fingerprint density at radius 2 is 1.74 bits per heavy atom. The average Bonchev–Trinajstić information content (AvgIpc) is 2.54. The predicted octanol–water partition coefficient (Wildman–Crippen LogP) is 2.54. The lowest BCUT2D eigenvalue weighted by Crippen LogP contribution is -2.17. The van der Waals surface area contributed by atoms with Gasteiger partial charge in [0.15, 0.2) is 11.5 Å². The number of nitrogens with zero attached hydrogens (tertiary/aromatic N) is 3. The molecule has 0 aliphatic heterocycles. The number of rotatable bonds is 4. The summed E-state index contributed by atoms with van der Waals surface area (Å²) < 4.78 is 0. The maximum absolute atomic E-state index is 11.7. The zero-order chi connectivity index (χ0) is 16.4. The van der Waals surface area contributed by atoms with Gasteiger partial charge in [-0.2, -0.15) is 0 Å². The Labute approximate surface area is 134 Å². The quantitative estimate of drug-likeness (QED) is 0.774. The van der Waals surface area contributed by atoms with Crippen LogP contribution in [0.4, 0.5) is 17.2 Å². The van der Waals surface area contributed by atoms with E-state index in [4.69, 9.17) is 5.73 Å². The number of hydrogen-bond donors (Lipinski definition) is 2. The average molecular weight is 307 g/mol. The molecule has 3 rings (SSSR count). The summed E-state index contributed by atoms with van der Waals surface area (Å²) in [5, 5.41) is 3.14. The fourth-order valence-corrected chi connectivity index (χ4v) is 2.26. The first-order valence-corrected chi connectivity index (χ1v) is 7.15. The highest BCUT2D eigenvalue weighted by Gasteiger charge is 2.14. The number of anilines is 3. The molecular formula is C17H17N5O. The Balaban J connectivity index is 2.06. The summed E-state index contributed by atoms with van der Waals surface area (Å²) in [5.74, 6) is -0.262. The van der Waals surface area contributed by atoms with E-state index in [1.165, 1.54) is 0 Å². The normalized spacial score (nSPS) is 10.5. The molecule has 3 aromatic rings. The van der Waals surface area contributed by atoms with Crippen molar-refractivity contribution in [3.63, 3.8) is 0 Å². The van der Waals surface area contributed by atoms with Crippen LogP contribution in [0.25, 0.3) is 11.0 Å². The van der Waals surface area contributed by atoms with E-state index in [1.807, 2.05) is 61.5 Å². The van der Waals surface area contributed by atoms with Crippen LogP contribution in [0.1, 0.15) is 10.5 Å². The Morgan fingerprint density at radius 3 is 2.39 bits per heavy atom. The topological polar surface area (TPSA) is 84.1 Å². The van der Waals surface area contributed by atoms with Gasteiger partial charge >= 0.3 is 0 Å². The number of carbonyl (C=O) groups excluding carboxylic acids is 1. The third kappa shape index (κ3) is 3.06. The molecule has 0 spiro atoms. The molecule has 1 amide bonds. The number of primary amides is 1. The first kappa shape index (κ1) is 14.8. The molecule has 116 valence electrons. The molecule has 3 N–H and O–H groups in total. The lowest BCUT2D eigenvalue weighted by molar-refractivity contribution is 0.0996. The van der Waals surface area contributed by atoms with Gasteiger partial charge in [-0.15, -0.1) is 0 Å². The van der Waals surface area contributed by atoms with Crippen molar-refractivity contribution in [1.29, 1.82) is 0 Å². The SMILES string of the molecule is CN(C)c1cccc(Nc2nc3ccccc3nc2C(N)=O)c1. The van der Waals surface area contributed by atoms with Gasteiger partial charge in [-0.1, -0.05) is 18.2 Å². The number of amides is 1. The van der Waals surface area contributed by atoms with Crippen molar-refractivity contribution >= 4 is 34.1 Å². The highest BCUT2D eigenvalue weighted by atomic mass is 16.1. The summed E-state index contributed by atoms with van der Waals surface area (Å²) in [7, 11) is 3.92. The van der Waals surface area contributed by atoms with Gasteiger partial charge in [0.2, 0.25) is 0 Å². The fourth-order valence-electron chi connectivity index (χ4n) is 2.26. The van der Waals surface area contributed by atoms with Crippen LogP contribution in [0.2, 0.25) is 0 Å². The van der Waals surface area contributed by atoms with Crippen molar-refractivity contribution in [3.8, 4) is 0 Å². The third-order valence-electron chi connectivity index (χ3n) is 3.43. The Hall–Kier alpha value is -3.15. The van der Waals surface area contributed by atoms with E-state index in [9.17, 15) is 4.79 Å². The maximum Gasteiger partial charge on any atom is 0.271 e. The monoisotopic (exact) mass is 307 g/mol. The largest absolute Gasteiger partial charge is 0.378 e. The third-order valence-corrected chi connectivity index (χ3v) is 3.43. The summed E-state index contributed by atoms with van der Waals surface area (Å²) in [6, 6.07) is 15.1. The van der Waals surface area contributed by atoms with Crippen LogP contribution >= 0.6 is 0 Å². The molecule has 23 heavy (non-hydrogen) atoms.